The summed E-state index contributed by atoms with van der Waals surface area (Å²) >= 11 is 0. The Bertz CT molecular complexity index is 1090. The minimum Gasteiger partial charge on any atom is -0.469 e. The smallest absolute Gasteiger partial charge is 0.312 e. The molecule has 0 aliphatic heterocycles. The molecule has 0 bridgehead atoms. The summed E-state index contributed by atoms with van der Waals surface area (Å²) in [7, 11) is 4.90. The molecule has 5 rings (SSSR count). The molecule has 10 atom stereocenters. The maximum absolute atomic E-state index is 14.5. The molecule has 5 aliphatic rings. The van der Waals surface area contributed by atoms with Gasteiger partial charge in [0.2, 0.25) is 0 Å². The van der Waals surface area contributed by atoms with E-state index in [0.717, 1.165) is 56.1 Å². The summed E-state index contributed by atoms with van der Waals surface area (Å²) in [5.74, 6) is 0.0646. The van der Waals surface area contributed by atoms with Crippen molar-refractivity contribution in [1.29, 1.82) is 0 Å². The third kappa shape index (κ3) is 3.62. The summed E-state index contributed by atoms with van der Waals surface area (Å²) in [4.78, 5) is 27.9. The van der Waals surface area contributed by atoms with Gasteiger partial charge in [-0.25, -0.2) is 0 Å². The number of fused-ring (bicyclic) bond motifs is 7. The van der Waals surface area contributed by atoms with E-state index in [4.69, 9.17) is 14.2 Å². The summed E-state index contributed by atoms with van der Waals surface area (Å²) in [6, 6.07) is 0. The Morgan fingerprint density at radius 1 is 1.00 bits per heavy atom. The second-order valence-electron chi connectivity index (χ2n) is 15.0. The van der Waals surface area contributed by atoms with Crippen LogP contribution in [0.1, 0.15) is 79.6 Å². The van der Waals surface area contributed by atoms with E-state index in [-0.39, 0.29) is 65.1 Å². The number of rotatable bonds is 4. The third-order valence-corrected chi connectivity index (χ3v) is 12.8. The largest absolute Gasteiger partial charge is 0.469 e. The van der Waals surface area contributed by atoms with Crippen LogP contribution in [0.4, 0.5) is 0 Å². The Labute approximate surface area is 234 Å². The van der Waals surface area contributed by atoms with Crippen molar-refractivity contribution in [3.05, 3.63) is 23.8 Å². The summed E-state index contributed by atoms with van der Waals surface area (Å²) in [6.45, 7) is 15.6. The molecular formula is C33H50O6. The molecule has 0 aromatic carbocycles. The van der Waals surface area contributed by atoms with Gasteiger partial charge in [-0.1, -0.05) is 46.8 Å². The Morgan fingerprint density at radius 3 is 2.23 bits per heavy atom. The van der Waals surface area contributed by atoms with Gasteiger partial charge in [-0.15, -0.1) is 0 Å². The first-order valence-electron chi connectivity index (χ1n) is 14.9. The molecule has 39 heavy (non-hydrogen) atoms. The number of aliphatic hydroxyl groups is 1. The van der Waals surface area contributed by atoms with Crippen LogP contribution >= 0.6 is 0 Å². The van der Waals surface area contributed by atoms with E-state index < -0.39 is 16.2 Å². The van der Waals surface area contributed by atoms with E-state index in [9.17, 15) is 14.7 Å². The highest BCUT2D eigenvalue weighted by Gasteiger charge is 2.70. The number of allylic oxidation sites excluding steroid dienone is 1. The fourth-order valence-electron chi connectivity index (χ4n) is 11.0. The number of esters is 1. The number of carbonyl (C=O) groups is 2. The van der Waals surface area contributed by atoms with Crippen LogP contribution in [0.3, 0.4) is 0 Å². The van der Waals surface area contributed by atoms with Gasteiger partial charge in [0.15, 0.2) is 5.78 Å². The van der Waals surface area contributed by atoms with Gasteiger partial charge in [-0.2, -0.15) is 0 Å². The molecule has 0 saturated heterocycles. The van der Waals surface area contributed by atoms with Gasteiger partial charge in [0.1, 0.15) is 0 Å². The second kappa shape index (κ2) is 9.25. The SMILES string of the molecule is C=C1[C@@H](OC)[C@]2(C)C3=CC(=O)[C@@H]4[C@@H]5CC(C)(C)CC[C@]5(C(=O)OC)CC[C@@]4(C)[C@@H]3CC[C@H]2[C@](C)(CO)[C@H]1OC. The maximum Gasteiger partial charge on any atom is 0.312 e. The Hall–Kier alpha value is -1.50. The molecule has 218 valence electrons. The fourth-order valence-corrected chi connectivity index (χ4v) is 11.0. The maximum atomic E-state index is 14.5. The Morgan fingerprint density at radius 2 is 1.64 bits per heavy atom. The molecule has 5 aliphatic carbocycles. The zero-order valence-corrected chi connectivity index (χ0v) is 25.4. The van der Waals surface area contributed by atoms with Crippen LogP contribution < -0.4 is 0 Å². The molecule has 0 radical (unpaired) electrons. The molecule has 1 N–H and O–H groups in total. The number of carbonyl (C=O) groups excluding carboxylic acids is 2. The molecular weight excluding hydrogens is 492 g/mol. The summed E-state index contributed by atoms with van der Waals surface area (Å²) in [5.41, 5.74) is 0.207. The number of ketones is 1. The standard InChI is InChI=1S/C33H50O6/c1-19-26(37-7)31(5,18-34)24-11-10-20-21(32(24,6)27(19)38-8)16-23(35)25-22-17-29(2,3)12-14-33(22,28(36)39-9)15-13-30(20,25)4/h16,20,22,24-27,34H,1,10-15,17-18H2,2-9H3/t20-,22+,24+,25+,26+,27-,30+,31+,32-,33+/m1/s1. The quantitative estimate of drug-likeness (QED) is 0.372. The number of ether oxygens (including phenoxy) is 3. The van der Waals surface area contributed by atoms with Crippen molar-refractivity contribution in [1.82, 2.24) is 0 Å². The highest BCUT2D eigenvalue weighted by molar-refractivity contribution is 5.96. The molecule has 0 spiro atoms. The highest BCUT2D eigenvalue weighted by Crippen LogP contribution is 2.71. The van der Waals surface area contributed by atoms with Gasteiger partial charge >= 0.3 is 5.97 Å². The lowest BCUT2D eigenvalue weighted by Gasteiger charge is -2.67. The summed E-state index contributed by atoms with van der Waals surface area (Å²) in [6.07, 6.45) is 7.38. The lowest BCUT2D eigenvalue weighted by atomic mass is 9.37. The van der Waals surface area contributed by atoms with Gasteiger partial charge < -0.3 is 19.3 Å². The molecule has 6 heteroatoms. The van der Waals surface area contributed by atoms with Gasteiger partial charge in [0, 0.05) is 31.0 Å². The third-order valence-electron chi connectivity index (χ3n) is 12.8. The van der Waals surface area contributed by atoms with Crippen LogP contribution in [0.5, 0.6) is 0 Å². The molecule has 0 aromatic rings. The van der Waals surface area contributed by atoms with Crippen molar-refractivity contribution in [2.24, 2.45) is 50.7 Å². The molecule has 0 amide bonds. The Kier molecular flexibility index (Phi) is 6.88. The van der Waals surface area contributed by atoms with Crippen LogP contribution in [-0.4, -0.2) is 57.0 Å². The summed E-state index contributed by atoms with van der Waals surface area (Å²) < 4.78 is 17.6. The minimum absolute atomic E-state index is 0.0220. The number of hydrogen-bond acceptors (Lipinski definition) is 6. The topological polar surface area (TPSA) is 82.1 Å². The minimum atomic E-state index is -0.577. The molecule has 0 unspecified atom stereocenters. The summed E-state index contributed by atoms with van der Waals surface area (Å²) in [5, 5.41) is 10.8. The highest BCUT2D eigenvalue weighted by atomic mass is 16.5. The van der Waals surface area contributed by atoms with E-state index in [2.05, 4.69) is 41.2 Å². The van der Waals surface area contributed by atoms with E-state index in [1.54, 1.807) is 14.2 Å². The monoisotopic (exact) mass is 542 g/mol. The van der Waals surface area contributed by atoms with Crippen LogP contribution in [0.15, 0.2) is 23.8 Å². The molecule has 6 nitrogen and oxygen atoms in total. The van der Waals surface area contributed by atoms with Crippen molar-refractivity contribution in [2.75, 3.05) is 27.9 Å². The van der Waals surface area contributed by atoms with Gasteiger partial charge in [-0.05, 0) is 85.2 Å². The fraction of sp³-hybridized carbons (Fsp3) is 0.818. The average Bonchev–Trinajstić information content (AvgIpc) is 2.88. The van der Waals surface area contributed by atoms with E-state index in [1.165, 1.54) is 7.11 Å². The lowest BCUT2D eigenvalue weighted by molar-refractivity contribution is -0.191. The predicted molar refractivity (Wildman–Crippen MR) is 150 cm³/mol. The first-order valence-corrected chi connectivity index (χ1v) is 14.9. The molecule has 4 fully saturated rings. The number of aliphatic hydroxyl groups excluding tert-OH is 1. The first-order chi connectivity index (χ1) is 18.2. The average molecular weight is 543 g/mol. The van der Waals surface area contributed by atoms with Crippen LogP contribution in [0.2, 0.25) is 0 Å². The van der Waals surface area contributed by atoms with Crippen molar-refractivity contribution >= 4 is 11.8 Å². The van der Waals surface area contributed by atoms with Gasteiger partial charge in [-0.3, -0.25) is 9.59 Å². The Balaban J connectivity index is 1.66. The number of hydrogen-bond donors (Lipinski definition) is 1. The van der Waals surface area contributed by atoms with Crippen molar-refractivity contribution in [2.45, 2.75) is 91.8 Å². The van der Waals surface area contributed by atoms with Crippen LogP contribution in [0.25, 0.3) is 0 Å². The zero-order chi connectivity index (χ0) is 28.8. The first kappa shape index (κ1) is 29.0. The van der Waals surface area contributed by atoms with Crippen LogP contribution in [0, 0.1) is 50.7 Å². The van der Waals surface area contributed by atoms with Crippen molar-refractivity contribution in [3.8, 4) is 0 Å². The second-order valence-corrected chi connectivity index (χ2v) is 15.0. The molecule has 4 saturated carbocycles. The normalized spacial score (nSPS) is 48.7. The molecule has 0 heterocycles. The molecule has 0 aromatic heterocycles. The van der Waals surface area contributed by atoms with E-state index in [1.807, 2.05) is 6.08 Å². The number of methoxy groups -OCH3 is 3. The van der Waals surface area contributed by atoms with Crippen LogP contribution in [-0.2, 0) is 23.8 Å². The van der Waals surface area contributed by atoms with E-state index in [0.29, 0.717) is 0 Å². The lowest BCUT2D eigenvalue weighted by Crippen LogP contribution is -2.67. The van der Waals surface area contributed by atoms with E-state index >= 15 is 0 Å². The van der Waals surface area contributed by atoms with Crippen molar-refractivity contribution < 1.29 is 28.9 Å². The zero-order valence-electron chi connectivity index (χ0n) is 25.4. The predicted octanol–water partition coefficient (Wildman–Crippen LogP) is 5.53. The van der Waals surface area contributed by atoms with Crippen molar-refractivity contribution in [3.63, 3.8) is 0 Å². The van der Waals surface area contributed by atoms with Gasteiger partial charge in [0.25, 0.3) is 0 Å². The van der Waals surface area contributed by atoms with Gasteiger partial charge in [0.05, 0.1) is 31.3 Å².